The van der Waals surface area contributed by atoms with Crippen LogP contribution in [0, 0.1) is 0 Å². The van der Waals surface area contributed by atoms with E-state index in [1.165, 1.54) is 0 Å². The number of amides is 1. The topological polar surface area (TPSA) is 96.9 Å². The van der Waals surface area contributed by atoms with E-state index in [1.54, 1.807) is 38.6 Å². The number of nitrogens with one attached hydrogen (secondary N) is 3. The Morgan fingerprint density at radius 2 is 1.97 bits per heavy atom. The molecule has 1 aliphatic heterocycles. The van der Waals surface area contributed by atoms with Gasteiger partial charge in [-0.15, -0.1) is 0 Å². The molecule has 176 valence electrons. The average molecular weight is 480 g/mol. The molecule has 3 N–H and O–H groups in total. The van der Waals surface area contributed by atoms with Crippen LogP contribution >= 0.6 is 11.6 Å². The summed E-state index contributed by atoms with van der Waals surface area (Å²) >= 11 is 6.27. The van der Waals surface area contributed by atoms with Crippen molar-refractivity contribution in [1.29, 1.82) is 0 Å². The third-order valence-electron chi connectivity index (χ3n) is 5.32. The lowest BCUT2D eigenvalue weighted by Crippen LogP contribution is -2.33. The van der Waals surface area contributed by atoms with Crippen molar-refractivity contribution in [2.45, 2.75) is 13.1 Å². The molecule has 1 aromatic heterocycles. The lowest BCUT2D eigenvalue weighted by atomic mass is 9.98. The van der Waals surface area contributed by atoms with Crippen LogP contribution in [0.1, 0.15) is 21.6 Å². The molecular weight excluding hydrogens is 454 g/mol. The van der Waals surface area contributed by atoms with Crippen LogP contribution < -0.4 is 25.4 Å². The number of methoxy groups -OCH3 is 2. The van der Waals surface area contributed by atoms with E-state index in [9.17, 15) is 4.79 Å². The van der Waals surface area contributed by atoms with Crippen molar-refractivity contribution in [3.05, 3.63) is 76.6 Å². The molecule has 0 radical (unpaired) electrons. The number of aromatic nitrogens is 1. The number of hydrogen-bond acceptors (Lipinski definition) is 7. The molecule has 0 bridgehead atoms. The van der Waals surface area contributed by atoms with Gasteiger partial charge in [-0.3, -0.25) is 14.8 Å². The van der Waals surface area contributed by atoms with E-state index in [0.29, 0.717) is 34.3 Å². The van der Waals surface area contributed by atoms with Crippen LogP contribution in [0.3, 0.4) is 0 Å². The van der Waals surface area contributed by atoms with Crippen LogP contribution in [0.25, 0.3) is 11.1 Å². The molecule has 0 fully saturated rings. The van der Waals surface area contributed by atoms with Crippen LogP contribution in [-0.4, -0.2) is 44.2 Å². The predicted molar refractivity (Wildman–Crippen MR) is 133 cm³/mol. The van der Waals surface area contributed by atoms with Crippen LogP contribution in [0.4, 0.5) is 0 Å². The SMILES string of the molecule is COc1ccnc(CNC(=O)c2cc(CNC3=NCCN3)cc(-c3cc(Cl)ccc3OC)c2)c1. The van der Waals surface area contributed by atoms with Gasteiger partial charge < -0.3 is 25.4 Å². The fourth-order valence-corrected chi connectivity index (χ4v) is 3.81. The Balaban J connectivity index is 1.62. The van der Waals surface area contributed by atoms with Crippen molar-refractivity contribution < 1.29 is 14.3 Å². The molecule has 0 saturated carbocycles. The van der Waals surface area contributed by atoms with Gasteiger partial charge in [0.2, 0.25) is 0 Å². The zero-order valence-electron chi connectivity index (χ0n) is 19.0. The van der Waals surface area contributed by atoms with Gasteiger partial charge in [-0.2, -0.15) is 0 Å². The van der Waals surface area contributed by atoms with E-state index in [0.717, 1.165) is 35.7 Å². The van der Waals surface area contributed by atoms with Crippen molar-refractivity contribution >= 4 is 23.5 Å². The number of nitrogens with zero attached hydrogens (tertiary/aromatic N) is 2. The van der Waals surface area contributed by atoms with Gasteiger partial charge >= 0.3 is 0 Å². The van der Waals surface area contributed by atoms with Gasteiger partial charge in [0.15, 0.2) is 5.96 Å². The number of benzene rings is 2. The zero-order valence-corrected chi connectivity index (χ0v) is 19.8. The Bertz CT molecular complexity index is 1210. The summed E-state index contributed by atoms with van der Waals surface area (Å²) in [4.78, 5) is 21.8. The average Bonchev–Trinajstić information content (AvgIpc) is 3.39. The van der Waals surface area contributed by atoms with Crippen molar-refractivity contribution in [1.82, 2.24) is 20.9 Å². The molecule has 0 atom stereocenters. The Morgan fingerprint density at radius 1 is 1.09 bits per heavy atom. The van der Waals surface area contributed by atoms with E-state index < -0.39 is 0 Å². The van der Waals surface area contributed by atoms with Gasteiger partial charge in [0.1, 0.15) is 11.5 Å². The smallest absolute Gasteiger partial charge is 0.251 e. The van der Waals surface area contributed by atoms with Gasteiger partial charge in [-0.25, -0.2) is 0 Å². The van der Waals surface area contributed by atoms with Crippen LogP contribution in [0.2, 0.25) is 5.02 Å². The molecule has 9 heteroatoms. The molecule has 2 heterocycles. The Kier molecular flexibility index (Phi) is 7.49. The van der Waals surface area contributed by atoms with Gasteiger partial charge in [0, 0.05) is 41.5 Å². The normalized spacial score (nSPS) is 12.5. The van der Waals surface area contributed by atoms with E-state index in [1.807, 2.05) is 30.3 Å². The molecule has 1 amide bonds. The summed E-state index contributed by atoms with van der Waals surface area (Å²) in [7, 11) is 3.20. The fraction of sp³-hybridized carbons (Fsp3) is 0.240. The molecular formula is C25H26ClN5O3. The molecule has 1 aliphatic rings. The maximum Gasteiger partial charge on any atom is 0.251 e. The number of halogens is 1. The van der Waals surface area contributed by atoms with E-state index in [2.05, 4.69) is 25.9 Å². The number of carbonyl (C=O) groups excluding carboxylic acids is 1. The summed E-state index contributed by atoms with van der Waals surface area (Å²) in [6, 6.07) is 14.7. The van der Waals surface area contributed by atoms with Crippen molar-refractivity contribution in [2.24, 2.45) is 4.99 Å². The number of hydrogen-bond donors (Lipinski definition) is 3. The highest BCUT2D eigenvalue weighted by atomic mass is 35.5. The number of rotatable bonds is 8. The monoisotopic (exact) mass is 479 g/mol. The highest BCUT2D eigenvalue weighted by Crippen LogP contribution is 2.33. The summed E-state index contributed by atoms with van der Waals surface area (Å²) in [5, 5.41) is 9.99. The highest BCUT2D eigenvalue weighted by Gasteiger charge is 2.14. The molecule has 0 saturated heterocycles. The van der Waals surface area contributed by atoms with Gasteiger partial charge in [0.25, 0.3) is 5.91 Å². The lowest BCUT2D eigenvalue weighted by Gasteiger charge is -2.14. The lowest BCUT2D eigenvalue weighted by molar-refractivity contribution is 0.0950. The van der Waals surface area contributed by atoms with E-state index in [4.69, 9.17) is 21.1 Å². The second kappa shape index (κ2) is 10.9. The summed E-state index contributed by atoms with van der Waals surface area (Å²) in [6.07, 6.45) is 1.65. The summed E-state index contributed by atoms with van der Waals surface area (Å²) < 4.78 is 10.8. The second-order valence-electron chi connectivity index (χ2n) is 7.64. The molecule has 0 aliphatic carbocycles. The van der Waals surface area contributed by atoms with Gasteiger partial charge in [0.05, 0.1) is 33.0 Å². The largest absolute Gasteiger partial charge is 0.497 e. The number of pyridine rings is 1. The molecule has 4 rings (SSSR count). The third kappa shape index (κ3) is 5.77. The minimum absolute atomic E-state index is 0.218. The number of aliphatic imine (C=N–C) groups is 1. The first-order valence-corrected chi connectivity index (χ1v) is 11.2. The molecule has 34 heavy (non-hydrogen) atoms. The quantitative estimate of drug-likeness (QED) is 0.458. The molecule has 0 spiro atoms. The molecule has 0 unspecified atom stereocenters. The second-order valence-corrected chi connectivity index (χ2v) is 8.08. The van der Waals surface area contributed by atoms with Gasteiger partial charge in [-0.05, 0) is 53.6 Å². The van der Waals surface area contributed by atoms with Crippen molar-refractivity contribution in [2.75, 3.05) is 27.3 Å². The Morgan fingerprint density at radius 3 is 2.74 bits per heavy atom. The third-order valence-corrected chi connectivity index (χ3v) is 5.55. The predicted octanol–water partition coefficient (Wildman–Crippen LogP) is 3.40. The Labute approximate surface area is 203 Å². The summed E-state index contributed by atoms with van der Waals surface area (Å²) in [5.74, 6) is 1.89. The van der Waals surface area contributed by atoms with E-state index >= 15 is 0 Å². The van der Waals surface area contributed by atoms with Crippen molar-refractivity contribution in [3.8, 4) is 22.6 Å². The number of ether oxygens (including phenoxy) is 2. The van der Waals surface area contributed by atoms with Crippen LogP contribution in [-0.2, 0) is 13.1 Å². The highest BCUT2D eigenvalue weighted by molar-refractivity contribution is 6.31. The molecule has 8 nitrogen and oxygen atoms in total. The summed E-state index contributed by atoms with van der Waals surface area (Å²) in [6.45, 7) is 2.33. The first kappa shape index (κ1) is 23.4. The number of guanidine groups is 1. The standard InChI is InChI=1S/C25H26ClN5O3/c1-33-21-5-6-27-20(13-21)15-30-24(32)18-10-16(14-31-25-28-7-8-29-25)9-17(11-18)22-12-19(26)3-4-23(22)34-2/h3-6,9-13H,7-8,14-15H2,1-2H3,(H,30,32)(H2,28,29,31). The van der Waals surface area contributed by atoms with Crippen molar-refractivity contribution in [3.63, 3.8) is 0 Å². The maximum atomic E-state index is 13.1. The maximum absolute atomic E-state index is 13.1. The molecule has 2 aromatic carbocycles. The number of carbonyl (C=O) groups is 1. The van der Waals surface area contributed by atoms with Crippen LogP contribution in [0.15, 0.2) is 59.7 Å². The molecule has 3 aromatic rings. The van der Waals surface area contributed by atoms with Crippen LogP contribution in [0.5, 0.6) is 11.5 Å². The zero-order chi connectivity index (χ0) is 23.9. The summed E-state index contributed by atoms with van der Waals surface area (Å²) in [5.41, 5.74) is 3.76. The fourth-order valence-electron chi connectivity index (χ4n) is 3.64. The Hall–Kier alpha value is -3.78. The first-order valence-electron chi connectivity index (χ1n) is 10.8. The first-order chi connectivity index (χ1) is 16.6. The van der Waals surface area contributed by atoms with Gasteiger partial charge in [-0.1, -0.05) is 11.6 Å². The van der Waals surface area contributed by atoms with E-state index in [-0.39, 0.29) is 12.5 Å². The minimum atomic E-state index is -0.218. The minimum Gasteiger partial charge on any atom is -0.497 e.